The lowest BCUT2D eigenvalue weighted by Crippen LogP contribution is -2.30. The lowest BCUT2D eigenvalue weighted by Gasteiger charge is -2.21. The molecule has 0 bridgehead atoms. The van der Waals surface area contributed by atoms with Crippen molar-refractivity contribution in [1.29, 1.82) is 0 Å². The smallest absolute Gasteiger partial charge is 0.337 e. The molecule has 2 aromatic heterocycles. The molecule has 6 nitrogen and oxygen atoms in total. The quantitative estimate of drug-likeness (QED) is 0.675. The summed E-state index contributed by atoms with van der Waals surface area (Å²) in [6.45, 7) is 0.527. The minimum atomic E-state index is -4.46. The maximum atomic E-state index is 12.9. The maximum Gasteiger partial charge on any atom is 0.416 e. The summed E-state index contributed by atoms with van der Waals surface area (Å²) in [6, 6.07) is 7.67. The van der Waals surface area contributed by atoms with Gasteiger partial charge in [0, 0.05) is 24.5 Å². The highest BCUT2D eigenvalue weighted by molar-refractivity contribution is 5.94. The molecule has 0 aliphatic carbocycles. The van der Waals surface area contributed by atoms with E-state index >= 15 is 0 Å². The fraction of sp³-hybridized carbons (Fsp3) is 0.263. The minimum absolute atomic E-state index is 0.0572. The lowest BCUT2D eigenvalue weighted by molar-refractivity contribution is -0.137. The number of nitrogens with zero attached hydrogens (tertiary/aromatic N) is 4. The second kappa shape index (κ2) is 7.06. The van der Waals surface area contributed by atoms with Gasteiger partial charge in [0.1, 0.15) is 6.04 Å². The van der Waals surface area contributed by atoms with Gasteiger partial charge in [-0.2, -0.15) is 18.2 Å². The Balaban J connectivity index is 1.60. The normalized spacial score (nSPS) is 17.1. The van der Waals surface area contributed by atoms with Crippen LogP contribution in [-0.2, 0) is 6.18 Å². The van der Waals surface area contributed by atoms with Crippen LogP contribution in [0.4, 0.5) is 13.2 Å². The Morgan fingerprint density at radius 3 is 2.82 bits per heavy atom. The molecule has 1 saturated heterocycles. The van der Waals surface area contributed by atoms with E-state index in [1.54, 1.807) is 23.2 Å². The molecule has 3 aromatic rings. The number of hydrogen-bond acceptors (Lipinski definition) is 5. The van der Waals surface area contributed by atoms with Gasteiger partial charge in [-0.25, -0.2) is 0 Å². The molecule has 0 spiro atoms. The molecule has 0 N–H and O–H groups in total. The van der Waals surface area contributed by atoms with Crippen LogP contribution >= 0.6 is 0 Å². The van der Waals surface area contributed by atoms with Gasteiger partial charge in [0.15, 0.2) is 0 Å². The SMILES string of the molecule is O=C(c1cccnc1)N1CCC[C@@H]1c1nc(-c2cccc(C(F)(F)F)c2)no1. The van der Waals surface area contributed by atoms with E-state index in [9.17, 15) is 18.0 Å². The Morgan fingerprint density at radius 1 is 1.21 bits per heavy atom. The first-order valence-electron chi connectivity index (χ1n) is 8.66. The first-order valence-corrected chi connectivity index (χ1v) is 8.66. The molecule has 1 fully saturated rings. The summed E-state index contributed by atoms with van der Waals surface area (Å²) < 4.78 is 44.1. The zero-order valence-electron chi connectivity index (χ0n) is 14.6. The Bertz CT molecular complexity index is 988. The van der Waals surface area contributed by atoms with Crippen LogP contribution in [0.3, 0.4) is 0 Å². The van der Waals surface area contributed by atoms with Gasteiger partial charge in [0.25, 0.3) is 5.91 Å². The molecule has 1 aliphatic rings. The average molecular weight is 388 g/mol. The van der Waals surface area contributed by atoms with Crippen molar-refractivity contribution in [3.8, 4) is 11.4 Å². The topological polar surface area (TPSA) is 72.1 Å². The fourth-order valence-electron chi connectivity index (χ4n) is 3.24. The Labute approximate surface area is 158 Å². The van der Waals surface area contributed by atoms with Gasteiger partial charge in [-0.3, -0.25) is 9.78 Å². The van der Waals surface area contributed by atoms with Gasteiger partial charge in [-0.1, -0.05) is 17.3 Å². The van der Waals surface area contributed by atoms with E-state index in [4.69, 9.17) is 4.52 Å². The first kappa shape index (κ1) is 18.1. The van der Waals surface area contributed by atoms with Crippen molar-refractivity contribution >= 4 is 5.91 Å². The van der Waals surface area contributed by atoms with E-state index < -0.39 is 17.8 Å². The predicted octanol–water partition coefficient (Wildman–Crippen LogP) is 4.13. The van der Waals surface area contributed by atoms with Gasteiger partial charge in [-0.05, 0) is 37.1 Å². The molecule has 144 valence electrons. The van der Waals surface area contributed by atoms with Crippen molar-refractivity contribution in [2.24, 2.45) is 0 Å². The monoisotopic (exact) mass is 388 g/mol. The third-order valence-corrected chi connectivity index (χ3v) is 4.60. The number of benzene rings is 1. The number of rotatable bonds is 3. The largest absolute Gasteiger partial charge is 0.416 e. The van der Waals surface area contributed by atoms with E-state index in [1.165, 1.54) is 18.3 Å². The Kier molecular flexibility index (Phi) is 4.58. The van der Waals surface area contributed by atoms with Crippen LogP contribution in [0.2, 0.25) is 0 Å². The highest BCUT2D eigenvalue weighted by atomic mass is 19.4. The van der Waals surface area contributed by atoms with Crippen molar-refractivity contribution in [3.05, 3.63) is 65.8 Å². The third kappa shape index (κ3) is 3.47. The molecule has 1 atom stereocenters. The van der Waals surface area contributed by atoms with E-state index in [0.717, 1.165) is 18.6 Å². The summed E-state index contributed by atoms with van der Waals surface area (Å²) in [4.78, 5) is 22.6. The predicted molar refractivity (Wildman–Crippen MR) is 92.0 cm³/mol. The van der Waals surface area contributed by atoms with E-state index in [0.29, 0.717) is 18.5 Å². The highest BCUT2D eigenvalue weighted by Crippen LogP contribution is 2.34. The maximum absolute atomic E-state index is 12.9. The van der Waals surface area contributed by atoms with Crippen molar-refractivity contribution in [2.75, 3.05) is 6.54 Å². The van der Waals surface area contributed by atoms with Crippen LogP contribution in [0.5, 0.6) is 0 Å². The first-order chi connectivity index (χ1) is 13.4. The standard InChI is InChI=1S/C19H15F3N4O2/c20-19(21,22)14-6-1-4-12(10-14)16-24-17(28-25-16)15-7-3-9-26(15)18(27)13-5-2-8-23-11-13/h1-2,4-6,8,10-11,15H,3,7,9H2/t15-/m1/s1. The van der Waals surface area contributed by atoms with Crippen molar-refractivity contribution in [1.82, 2.24) is 20.0 Å². The summed E-state index contributed by atoms with van der Waals surface area (Å²) in [5.41, 5.74) is -0.134. The number of carbonyl (C=O) groups excluding carboxylic acids is 1. The summed E-state index contributed by atoms with van der Waals surface area (Å²) >= 11 is 0. The molecule has 1 aromatic carbocycles. The van der Waals surface area contributed by atoms with Crippen molar-refractivity contribution in [2.45, 2.75) is 25.1 Å². The van der Waals surface area contributed by atoms with E-state index in [1.807, 2.05) is 0 Å². The molecule has 0 radical (unpaired) electrons. The zero-order chi connectivity index (χ0) is 19.7. The molecular formula is C19H15F3N4O2. The van der Waals surface area contributed by atoms with Crippen LogP contribution < -0.4 is 0 Å². The molecule has 3 heterocycles. The van der Waals surface area contributed by atoms with E-state index in [-0.39, 0.29) is 23.2 Å². The second-order valence-electron chi connectivity index (χ2n) is 6.43. The summed E-state index contributed by atoms with van der Waals surface area (Å²) in [5, 5.41) is 3.82. The number of carbonyl (C=O) groups is 1. The molecule has 4 rings (SSSR count). The number of aromatic nitrogens is 3. The number of pyridine rings is 1. The molecule has 1 aliphatic heterocycles. The molecule has 9 heteroatoms. The minimum Gasteiger partial charge on any atom is -0.337 e. The number of amides is 1. The highest BCUT2D eigenvalue weighted by Gasteiger charge is 2.35. The van der Waals surface area contributed by atoms with Crippen LogP contribution in [0.1, 0.15) is 40.7 Å². The second-order valence-corrected chi connectivity index (χ2v) is 6.43. The van der Waals surface area contributed by atoms with Gasteiger partial charge >= 0.3 is 6.18 Å². The van der Waals surface area contributed by atoms with Crippen LogP contribution in [-0.4, -0.2) is 32.5 Å². The van der Waals surface area contributed by atoms with Gasteiger partial charge in [0.2, 0.25) is 11.7 Å². The summed E-state index contributed by atoms with van der Waals surface area (Å²) in [5.74, 6) is 0.0679. The number of hydrogen-bond donors (Lipinski definition) is 0. The van der Waals surface area contributed by atoms with Crippen LogP contribution in [0, 0.1) is 0 Å². The van der Waals surface area contributed by atoms with Gasteiger partial charge < -0.3 is 9.42 Å². The number of alkyl halides is 3. The average Bonchev–Trinajstić information content (AvgIpc) is 3.37. The van der Waals surface area contributed by atoms with Crippen LogP contribution in [0.15, 0.2) is 53.3 Å². The molecular weight excluding hydrogens is 373 g/mol. The zero-order valence-corrected chi connectivity index (χ0v) is 14.6. The van der Waals surface area contributed by atoms with Crippen molar-refractivity contribution in [3.63, 3.8) is 0 Å². The Hall–Kier alpha value is -3.23. The number of halogens is 3. The van der Waals surface area contributed by atoms with E-state index in [2.05, 4.69) is 15.1 Å². The molecule has 28 heavy (non-hydrogen) atoms. The molecule has 0 saturated carbocycles. The van der Waals surface area contributed by atoms with Gasteiger partial charge in [0.05, 0.1) is 11.1 Å². The van der Waals surface area contributed by atoms with Crippen molar-refractivity contribution < 1.29 is 22.5 Å². The third-order valence-electron chi connectivity index (χ3n) is 4.60. The molecule has 0 unspecified atom stereocenters. The lowest BCUT2D eigenvalue weighted by atomic mass is 10.1. The van der Waals surface area contributed by atoms with Gasteiger partial charge in [-0.15, -0.1) is 0 Å². The summed E-state index contributed by atoms with van der Waals surface area (Å²) in [6.07, 6.45) is 0.00627. The van der Waals surface area contributed by atoms with Crippen LogP contribution in [0.25, 0.3) is 11.4 Å². The Morgan fingerprint density at radius 2 is 2.07 bits per heavy atom. The fourth-order valence-corrected chi connectivity index (χ4v) is 3.24. The summed E-state index contributed by atoms with van der Waals surface area (Å²) in [7, 11) is 0. The molecule has 1 amide bonds. The number of likely N-dealkylation sites (tertiary alicyclic amines) is 1.